The van der Waals surface area contributed by atoms with Crippen LogP contribution in [0.15, 0.2) is 30.6 Å². The molecule has 0 saturated carbocycles. The van der Waals surface area contributed by atoms with Crippen LogP contribution in [0.4, 0.5) is 11.6 Å². The van der Waals surface area contributed by atoms with Gasteiger partial charge in [-0.15, -0.1) is 0 Å². The molecule has 2 aromatic rings. The minimum atomic E-state index is -0.687. The molecule has 0 aromatic carbocycles. The number of carbonyl (C=O) groups is 2. The van der Waals surface area contributed by atoms with Gasteiger partial charge in [-0.2, -0.15) is 0 Å². The molecule has 0 atom stereocenters. The van der Waals surface area contributed by atoms with Gasteiger partial charge < -0.3 is 11.5 Å². The minimum Gasteiger partial charge on any atom is -0.384 e. The van der Waals surface area contributed by atoms with Crippen molar-refractivity contribution in [3.63, 3.8) is 0 Å². The van der Waals surface area contributed by atoms with Crippen LogP contribution in [0.2, 0.25) is 0 Å². The van der Waals surface area contributed by atoms with Crippen molar-refractivity contribution in [1.29, 1.82) is 0 Å². The number of nitrogens with zero attached hydrogens (tertiary/aromatic N) is 3. The van der Waals surface area contributed by atoms with Crippen molar-refractivity contribution < 1.29 is 9.59 Å². The zero-order valence-corrected chi connectivity index (χ0v) is 10.2. The fourth-order valence-electron chi connectivity index (χ4n) is 1.34. The fraction of sp³-hybridized carbons (Fsp3) is 0. The summed E-state index contributed by atoms with van der Waals surface area (Å²) < 4.78 is 0. The molecule has 6 N–H and O–H groups in total. The number of amides is 2. The van der Waals surface area contributed by atoms with Crippen molar-refractivity contribution in [1.82, 2.24) is 25.8 Å². The van der Waals surface area contributed by atoms with Gasteiger partial charge in [0.25, 0.3) is 11.8 Å². The Balaban J connectivity index is 2.01. The predicted molar refractivity (Wildman–Crippen MR) is 70.0 cm³/mol. The van der Waals surface area contributed by atoms with Crippen molar-refractivity contribution in [3.8, 4) is 0 Å². The van der Waals surface area contributed by atoms with Crippen molar-refractivity contribution >= 4 is 23.5 Å². The van der Waals surface area contributed by atoms with Crippen LogP contribution in [-0.4, -0.2) is 26.8 Å². The second-order valence-corrected chi connectivity index (χ2v) is 3.65. The average Bonchev–Trinajstić information content (AvgIpc) is 2.45. The zero-order valence-electron chi connectivity index (χ0n) is 10.2. The van der Waals surface area contributed by atoms with Gasteiger partial charge in [0.15, 0.2) is 11.5 Å². The number of nitrogens with two attached hydrogens (primary N) is 2. The quantitative estimate of drug-likeness (QED) is 0.518. The second-order valence-electron chi connectivity index (χ2n) is 3.65. The van der Waals surface area contributed by atoms with E-state index in [1.807, 2.05) is 0 Å². The summed E-state index contributed by atoms with van der Waals surface area (Å²) in [5.74, 6) is -1.15. The largest absolute Gasteiger partial charge is 0.384 e. The van der Waals surface area contributed by atoms with Crippen LogP contribution >= 0.6 is 0 Å². The van der Waals surface area contributed by atoms with Gasteiger partial charge in [-0.1, -0.05) is 6.07 Å². The molecule has 2 rings (SSSR count). The maximum Gasteiger partial charge on any atom is 0.292 e. The van der Waals surface area contributed by atoms with E-state index in [2.05, 4.69) is 25.8 Å². The number of rotatable bonds is 2. The van der Waals surface area contributed by atoms with Crippen LogP contribution in [0.5, 0.6) is 0 Å². The summed E-state index contributed by atoms with van der Waals surface area (Å²) in [5, 5.41) is 0. The number of pyridine rings is 1. The van der Waals surface area contributed by atoms with Gasteiger partial charge >= 0.3 is 0 Å². The van der Waals surface area contributed by atoms with E-state index in [1.165, 1.54) is 24.5 Å². The normalized spacial score (nSPS) is 9.80. The number of nitrogens with one attached hydrogen (secondary N) is 2. The number of anilines is 2. The van der Waals surface area contributed by atoms with E-state index < -0.39 is 11.8 Å². The number of nitrogen functional groups attached to an aromatic ring is 2. The van der Waals surface area contributed by atoms with Crippen LogP contribution in [0.1, 0.15) is 21.0 Å². The van der Waals surface area contributed by atoms with E-state index in [4.69, 9.17) is 11.5 Å². The van der Waals surface area contributed by atoms with Crippen molar-refractivity contribution in [2.45, 2.75) is 0 Å². The molecule has 0 radical (unpaired) electrons. The van der Waals surface area contributed by atoms with E-state index in [1.54, 1.807) is 6.07 Å². The molecule has 0 unspecified atom stereocenters. The highest BCUT2D eigenvalue weighted by Crippen LogP contribution is 2.02. The molecular formula is C11H11N7O2. The molecule has 102 valence electrons. The maximum atomic E-state index is 11.7. The Morgan fingerprint density at radius 2 is 1.70 bits per heavy atom. The number of hydrogen-bond donors (Lipinski definition) is 4. The Morgan fingerprint density at radius 1 is 1.00 bits per heavy atom. The van der Waals surface area contributed by atoms with Crippen molar-refractivity contribution in [3.05, 3.63) is 42.0 Å². The molecule has 2 amide bonds. The van der Waals surface area contributed by atoms with Crippen LogP contribution in [0.3, 0.4) is 0 Å². The Hall–Kier alpha value is -3.23. The maximum absolute atomic E-state index is 11.7. The van der Waals surface area contributed by atoms with Crippen LogP contribution in [-0.2, 0) is 0 Å². The molecule has 0 fully saturated rings. The Morgan fingerprint density at radius 3 is 2.40 bits per heavy atom. The number of hydrogen-bond acceptors (Lipinski definition) is 7. The average molecular weight is 273 g/mol. The lowest BCUT2D eigenvalue weighted by Crippen LogP contribution is -2.42. The molecule has 9 heteroatoms. The molecule has 2 aromatic heterocycles. The number of carbonyl (C=O) groups excluding carboxylic acids is 2. The van der Waals surface area contributed by atoms with Gasteiger partial charge in [0.2, 0.25) is 0 Å². The van der Waals surface area contributed by atoms with Crippen molar-refractivity contribution in [2.75, 3.05) is 11.5 Å². The Labute approximate surface area is 113 Å². The number of aromatic nitrogens is 3. The molecule has 0 bridgehead atoms. The summed E-state index contributed by atoms with van der Waals surface area (Å²) in [6, 6.07) is 4.56. The lowest BCUT2D eigenvalue weighted by atomic mass is 10.3. The highest BCUT2D eigenvalue weighted by molar-refractivity contribution is 5.99. The van der Waals surface area contributed by atoms with E-state index in [-0.39, 0.29) is 23.0 Å². The Kier molecular flexibility index (Phi) is 3.70. The van der Waals surface area contributed by atoms with Crippen LogP contribution in [0, 0.1) is 0 Å². The summed E-state index contributed by atoms with van der Waals surface area (Å²) in [7, 11) is 0. The summed E-state index contributed by atoms with van der Waals surface area (Å²) in [6.45, 7) is 0. The van der Waals surface area contributed by atoms with Gasteiger partial charge in [0.1, 0.15) is 11.5 Å². The van der Waals surface area contributed by atoms with Gasteiger partial charge in [0, 0.05) is 12.4 Å². The molecule has 9 nitrogen and oxygen atoms in total. The van der Waals surface area contributed by atoms with Crippen LogP contribution in [0.25, 0.3) is 0 Å². The smallest absolute Gasteiger partial charge is 0.292 e. The minimum absolute atomic E-state index is 0.0404. The third-order valence-corrected chi connectivity index (χ3v) is 2.23. The summed E-state index contributed by atoms with van der Waals surface area (Å²) in [5.41, 5.74) is 15.2. The first kappa shape index (κ1) is 13.2. The van der Waals surface area contributed by atoms with Gasteiger partial charge in [-0.05, 0) is 12.1 Å². The first-order chi connectivity index (χ1) is 9.58. The van der Waals surface area contributed by atoms with Crippen molar-refractivity contribution in [2.24, 2.45) is 0 Å². The van der Waals surface area contributed by atoms with E-state index in [9.17, 15) is 9.59 Å². The van der Waals surface area contributed by atoms with Gasteiger partial charge in [0.05, 0.1) is 0 Å². The monoisotopic (exact) mass is 273 g/mol. The first-order valence-corrected chi connectivity index (χ1v) is 5.47. The van der Waals surface area contributed by atoms with Gasteiger partial charge in [-0.3, -0.25) is 20.4 Å². The summed E-state index contributed by atoms with van der Waals surface area (Å²) in [6.07, 6.45) is 2.66. The lowest BCUT2D eigenvalue weighted by molar-refractivity contribution is 0.0841. The SMILES string of the molecule is Nc1cccc(C(=O)NNC(=O)c2nccnc2N)n1. The molecule has 2 heterocycles. The topological polar surface area (TPSA) is 149 Å². The second kappa shape index (κ2) is 5.61. The third-order valence-electron chi connectivity index (χ3n) is 2.23. The standard InChI is InChI=1S/C11H11N7O2/c12-7-3-1-2-6(16-7)10(19)17-18-11(20)8-9(13)15-5-4-14-8/h1-5H,(H2,12,16)(H2,13,15)(H,17,19)(H,18,20). The third kappa shape index (κ3) is 2.96. The molecular weight excluding hydrogens is 262 g/mol. The van der Waals surface area contributed by atoms with E-state index in [0.717, 1.165) is 0 Å². The molecule has 20 heavy (non-hydrogen) atoms. The molecule has 0 aliphatic rings. The highest BCUT2D eigenvalue weighted by Gasteiger charge is 2.14. The fourth-order valence-corrected chi connectivity index (χ4v) is 1.34. The lowest BCUT2D eigenvalue weighted by Gasteiger charge is -2.07. The zero-order chi connectivity index (χ0) is 14.5. The molecule has 0 aliphatic heterocycles. The first-order valence-electron chi connectivity index (χ1n) is 5.47. The molecule has 0 spiro atoms. The summed E-state index contributed by atoms with van der Waals surface area (Å²) >= 11 is 0. The highest BCUT2D eigenvalue weighted by atomic mass is 16.2. The van der Waals surface area contributed by atoms with E-state index in [0.29, 0.717) is 0 Å². The number of hydrazine groups is 1. The van der Waals surface area contributed by atoms with Crippen LogP contribution < -0.4 is 22.3 Å². The van der Waals surface area contributed by atoms with Gasteiger partial charge in [-0.25, -0.2) is 15.0 Å². The predicted octanol–water partition coefficient (Wildman–Crippen LogP) is -0.889. The Bertz CT molecular complexity index is 659. The molecule has 0 aliphatic carbocycles. The summed E-state index contributed by atoms with van der Waals surface area (Å²) in [4.78, 5) is 34.7. The van der Waals surface area contributed by atoms with E-state index >= 15 is 0 Å². The molecule has 0 saturated heterocycles.